The van der Waals surface area contributed by atoms with Crippen LogP contribution in [0.4, 0.5) is 22.0 Å². The molecule has 0 amide bonds. The number of methoxy groups -OCH3 is 1. The molecule has 0 saturated heterocycles. The highest BCUT2D eigenvalue weighted by atomic mass is 19.1. The second-order valence-corrected chi connectivity index (χ2v) is 6.88. The molecule has 0 atom stereocenters. The van der Waals surface area contributed by atoms with Crippen molar-refractivity contribution < 1.29 is 9.13 Å². The number of imidazole rings is 1. The Morgan fingerprint density at radius 2 is 1.86 bits per heavy atom. The van der Waals surface area contributed by atoms with E-state index in [4.69, 9.17) is 10.5 Å². The van der Waals surface area contributed by atoms with Crippen LogP contribution in [0, 0.1) is 5.82 Å². The molecular weight excluding hydrogens is 373 g/mol. The van der Waals surface area contributed by atoms with Crippen LogP contribution in [0.3, 0.4) is 0 Å². The van der Waals surface area contributed by atoms with Crippen molar-refractivity contribution in [2.45, 2.75) is 18.8 Å². The summed E-state index contributed by atoms with van der Waals surface area (Å²) in [5.41, 5.74) is 8.02. The average Bonchev–Trinajstić information content (AvgIpc) is 3.49. The number of halogens is 1. The molecule has 0 bridgehead atoms. The largest absolute Gasteiger partial charge is 0.497 e. The molecule has 9 heteroatoms. The fourth-order valence-corrected chi connectivity index (χ4v) is 3.23. The van der Waals surface area contributed by atoms with Crippen LogP contribution in [0.5, 0.6) is 5.75 Å². The number of hydrogen-bond acceptors (Lipinski definition) is 7. The molecule has 146 valence electrons. The Kier molecular flexibility index (Phi) is 4.01. The summed E-state index contributed by atoms with van der Waals surface area (Å²) in [6, 6.07) is 11.8. The molecule has 29 heavy (non-hydrogen) atoms. The van der Waals surface area contributed by atoms with Crippen molar-refractivity contribution >= 4 is 28.6 Å². The third kappa shape index (κ3) is 3.31. The van der Waals surface area contributed by atoms with Crippen LogP contribution in [0.15, 0.2) is 42.5 Å². The minimum absolute atomic E-state index is 0.0611. The van der Waals surface area contributed by atoms with Crippen molar-refractivity contribution in [1.29, 1.82) is 0 Å². The number of aromatic nitrogens is 5. The van der Waals surface area contributed by atoms with E-state index in [1.807, 2.05) is 24.3 Å². The van der Waals surface area contributed by atoms with E-state index in [0.717, 1.165) is 30.1 Å². The van der Waals surface area contributed by atoms with Gasteiger partial charge in [0.1, 0.15) is 17.4 Å². The molecule has 4 aromatic rings. The second kappa shape index (κ2) is 6.69. The lowest BCUT2D eigenvalue weighted by Crippen LogP contribution is -2.11. The van der Waals surface area contributed by atoms with Gasteiger partial charge in [0.2, 0.25) is 17.8 Å². The number of nitrogens with zero attached hydrogens (tertiary/aromatic N) is 5. The fraction of sp³-hybridized carbons (Fsp3) is 0.200. The van der Waals surface area contributed by atoms with Gasteiger partial charge < -0.3 is 15.8 Å². The van der Waals surface area contributed by atoms with Crippen LogP contribution in [0.25, 0.3) is 17.0 Å². The van der Waals surface area contributed by atoms with Gasteiger partial charge in [-0.1, -0.05) is 0 Å². The van der Waals surface area contributed by atoms with Crippen molar-refractivity contribution in [2.24, 2.45) is 0 Å². The van der Waals surface area contributed by atoms with Gasteiger partial charge in [-0.25, -0.2) is 9.37 Å². The summed E-state index contributed by atoms with van der Waals surface area (Å²) in [7, 11) is 1.61. The lowest BCUT2D eigenvalue weighted by Gasteiger charge is -2.10. The Morgan fingerprint density at radius 3 is 2.59 bits per heavy atom. The maximum Gasteiger partial charge on any atom is 0.242 e. The van der Waals surface area contributed by atoms with Crippen LogP contribution in [-0.4, -0.2) is 31.6 Å². The van der Waals surface area contributed by atoms with E-state index in [2.05, 4.69) is 25.3 Å². The van der Waals surface area contributed by atoms with Crippen LogP contribution in [0.1, 0.15) is 24.6 Å². The number of nitrogens with one attached hydrogen (secondary N) is 1. The predicted octanol–water partition coefficient (Wildman–Crippen LogP) is 3.56. The molecule has 2 aromatic heterocycles. The third-order valence-corrected chi connectivity index (χ3v) is 4.77. The van der Waals surface area contributed by atoms with Crippen LogP contribution in [0.2, 0.25) is 0 Å². The zero-order chi connectivity index (χ0) is 20.0. The third-order valence-electron chi connectivity index (χ3n) is 4.77. The highest BCUT2D eigenvalue weighted by Gasteiger charge is 2.31. The number of hydrogen-bond donors (Lipinski definition) is 2. The van der Waals surface area contributed by atoms with Crippen molar-refractivity contribution in [3.63, 3.8) is 0 Å². The first-order valence-corrected chi connectivity index (χ1v) is 9.21. The molecule has 1 saturated carbocycles. The summed E-state index contributed by atoms with van der Waals surface area (Å²) in [5.74, 6) is 2.17. The Hall–Kier alpha value is -3.75. The number of ether oxygens (including phenoxy) is 1. The molecule has 0 unspecified atom stereocenters. The number of nitrogen functional groups attached to an aromatic ring is 1. The highest BCUT2D eigenvalue weighted by molar-refractivity contribution is 5.78. The molecule has 0 spiro atoms. The average molecular weight is 391 g/mol. The van der Waals surface area contributed by atoms with E-state index in [1.54, 1.807) is 17.7 Å². The molecule has 2 aromatic carbocycles. The fourth-order valence-electron chi connectivity index (χ4n) is 3.23. The molecule has 0 aliphatic heterocycles. The molecule has 1 aliphatic carbocycles. The molecule has 1 fully saturated rings. The van der Waals surface area contributed by atoms with Gasteiger partial charge in [0.25, 0.3) is 0 Å². The van der Waals surface area contributed by atoms with Gasteiger partial charge in [0.05, 0.1) is 18.1 Å². The number of fused-ring (bicyclic) bond motifs is 1. The number of rotatable bonds is 5. The smallest absolute Gasteiger partial charge is 0.242 e. The predicted molar refractivity (Wildman–Crippen MR) is 107 cm³/mol. The van der Waals surface area contributed by atoms with Crippen molar-refractivity contribution in [2.75, 3.05) is 18.2 Å². The quantitative estimate of drug-likeness (QED) is 0.536. The van der Waals surface area contributed by atoms with Crippen LogP contribution < -0.4 is 15.8 Å². The van der Waals surface area contributed by atoms with Crippen LogP contribution >= 0.6 is 0 Å². The van der Waals surface area contributed by atoms with E-state index in [0.29, 0.717) is 22.9 Å². The van der Waals surface area contributed by atoms with E-state index < -0.39 is 0 Å². The summed E-state index contributed by atoms with van der Waals surface area (Å²) in [6.45, 7) is 0. The van der Waals surface area contributed by atoms with Gasteiger partial charge in [0.15, 0.2) is 0 Å². The van der Waals surface area contributed by atoms with E-state index >= 15 is 0 Å². The summed E-state index contributed by atoms with van der Waals surface area (Å²) >= 11 is 0. The molecule has 0 radical (unpaired) electrons. The SMILES string of the molecule is COc1ccc(Nc2nc(N)nc(-n3c(C4CC4)nc4ccc(F)cc43)n2)cc1. The molecule has 2 heterocycles. The maximum absolute atomic E-state index is 13.9. The van der Waals surface area contributed by atoms with Crippen molar-refractivity contribution in [1.82, 2.24) is 24.5 Å². The maximum atomic E-state index is 13.9. The van der Waals surface area contributed by atoms with Crippen LogP contribution in [-0.2, 0) is 0 Å². The van der Waals surface area contributed by atoms with E-state index in [-0.39, 0.29) is 17.7 Å². The molecule has 5 rings (SSSR count). The minimum atomic E-state index is -0.348. The molecular formula is C20H18FN7O. The van der Waals surface area contributed by atoms with Gasteiger partial charge in [0, 0.05) is 17.7 Å². The van der Waals surface area contributed by atoms with Crippen molar-refractivity contribution in [3.8, 4) is 11.7 Å². The number of anilines is 3. The summed E-state index contributed by atoms with van der Waals surface area (Å²) < 4.78 is 20.9. The Labute approximate surface area is 165 Å². The normalized spacial score (nSPS) is 13.6. The van der Waals surface area contributed by atoms with Gasteiger partial charge in [-0.3, -0.25) is 4.57 Å². The zero-order valence-electron chi connectivity index (χ0n) is 15.6. The first-order chi connectivity index (χ1) is 14.1. The first kappa shape index (κ1) is 17.4. The molecule has 1 aliphatic rings. The Balaban J connectivity index is 1.59. The summed E-state index contributed by atoms with van der Waals surface area (Å²) in [5, 5.41) is 3.12. The Bertz CT molecular complexity index is 1200. The van der Waals surface area contributed by atoms with E-state index in [1.165, 1.54) is 12.1 Å². The molecule has 8 nitrogen and oxygen atoms in total. The first-order valence-electron chi connectivity index (χ1n) is 9.21. The zero-order valence-corrected chi connectivity index (χ0v) is 15.6. The topological polar surface area (TPSA) is 104 Å². The molecule has 3 N–H and O–H groups in total. The summed E-state index contributed by atoms with van der Waals surface area (Å²) in [4.78, 5) is 17.7. The lowest BCUT2D eigenvalue weighted by molar-refractivity contribution is 0.415. The van der Waals surface area contributed by atoms with E-state index in [9.17, 15) is 4.39 Å². The highest BCUT2D eigenvalue weighted by Crippen LogP contribution is 2.41. The number of nitrogens with two attached hydrogens (primary N) is 1. The lowest BCUT2D eigenvalue weighted by atomic mass is 10.3. The van der Waals surface area contributed by atoms with Gasteiger partial charge >= 0.3 is 0 Å². The van der Waals surface area contributed by atoms with Gasteiger partial charge in [-0.05, 0) is 49.2 Å². The summed E-state index contributed by atoms with van der Waals surface area (Å²) in [6.07, 6.45) is 2.06. The monoisotopic (exact) mass is 391 g/mol. The van der Waals surface area contributed by atoms with Gasteiger partial charge in [-0.2, -0.15) is 15.0 Å². The standard InChI is InChI=1S/C20H18FN7O/c1-29-14-7-5-13(6-8-14)23-19-25-18(22)26-20(27-19)28-16-10-12(21)4-9-15(16)24-17(28)11-2-3-11/h4-11H,2-3H2,1H3,(H3,22,23,25,26,27). The minimum Gasteiger partial charge on any atom is -0.497 e. The van der Waals surface area contributed by atoms with Gasteiger partial charge in [-0.15, -0.1) is 0 Å². The van der Waals surface area contributed by atoms with Crippen molar-refractivity contribution in [3.05, 3.63) is 54.1 Å². The Morgan fingerprint density at radius 1 is 1.07 bits per heavy atom. The second-order valence-electron chi connectivity index (χ2n) is 6.88. The number of benzene rings is 2.